The molecule has 2 aliphatic rings. The highest BCUT2D eigenvalue weighted by atomic mass is 32.1. The first-order valence-electron chi connectivity index (χ1n) is 8.57. The molecule has 2 fully saturated rings. The molecule has 0 aromatic carbocycles. The van der Waals surface area contributed by atoms with Crippen molar-refractivity contribution >= 4 is 11.3 Å². The van der Waals surface area contributed by atoms with E-state index in [1.807, 2.05) is 11.3 Å². The first-order chi connectivity index (χ1) is 10.1. The number of thiazole rings is 1. The van der Waals surface area contributed by atoms with Crippen molar-refractivity contribution in [3.8, 4) is 0 Å². The molecule has 0 bridgehead atoms. The molecule has 21 heavy (non-hydrogen) atoms. The highest BCUT2D eigenvalue weighted by Crippen LogP contribution is 2.39. The molecule has 1 unspecified atom stereocenters. The summed E-state index contributed by atoms with van der Waals surface area (Å²) in [5, 5.41) is 5.34. The lowest BCUT2D eigenvalue weighted by atomic mass is 9.91. The van der Waals surface area contributed by atoms with Gasteiger partial charge in [0.25, 0.3) is 0 Å². The van der Waals surface area contributed by atoms with Crippen molar-refractivity contribution in [1.82, 2.24) is 15.2 Å². The van der Waals surface area contributed by atoms with Crippen molar-refractivity contribution in [3.05, 3.63) is 15.6 Å². The summed E-state index contributed by atoms with van der Waals surface area (Å²) in [5.41, 5.74) is 1.37. The van der Waals surface area contributed by atoms with Crippen LogP contribution in [0.25, 0.3) is 0 Å². The van der Waals surface area contributed by atoms with E-state index in [-0.39, 0.29) is 5.54 Å². The number of hydrogen-bond acceptors (Lipinski definition) is 4. The van der Waals surface area contributed by atoms with Gasteiger partial charge in [0.05, 0.1) is 11.2 Å². The Kier molecular flexibility index (Phi) is 4.67. The molecule has 1 saturated carbocycles. The van der Waals surface area contributed by atoms with Gasteiger partial charge in [0, 0.05) is 17.5 Å². The molecule has 0 radical (unpaired) electrons. The van der Waals surface area contributed by atoms with Gasteiger partial charge in [-0.15, -0.1) is 11.3 Å². The Hall–Kier alpha value is -0.450. The van der Waals surface area contributed by atoms with Gasteiger partial charge in [-0.25, -0.2) is 4.98 Å². The number of nitrogens with one attached hydrogen (secondary N) is 1. The summed E-state index contributed by atoms with van der Waals surface area (Å²) in [6, 6.07) is 0.743. The Labute approximate surface area is 133 Å². The Morgan fingerprint density at radius 3 is 2.71 bits per heavy atom. The van der Waals surface area contributed by atoms with Crippen LogP contribution in [0.3, 0.4) is 0 Å². The number of aromatic nitrogens is 1. The predicted octanol–water partition coefficient (Wildman–Crippen LogP) is 3.60. The molecule has 1 saturated heterocycles. The minimum atomic E-state index is 0.146. The molecular weight excluding hydrogens is 278 g/mol. The summed E-state index contributed by atoms with van der Waals surface area (Å²) in [5.74, 6) is 0. The third-order valence-electron chi connectivity index (χ3n) is 4.97. The van der Waals surface area contributed by atoms with Crippen LogP contribution < -0.4 is 5.32 Å². The fraction of sp³-hybridized carbons (Fsp3) is 0.824. The Balaban J connectivity index is 1.82. The minimum Gasteiger partial charge on any atom is -0.303 e. The standard InChI is InChI=1S/C17H29N3S/c1-4-10-20-11-5-8-17(9-12-20,19-15-6-7-15)16-18-13(2)14(3)21-16/h15,19H,4-12H2,1-3H3. The van der Waals surface area contributed by atoms with Crippen molar-refractivity contribution in [2.75, 3.05) is 19.6 Å². The molecule has 2 heterocycles. The smallest absolute Gasteiger partial charge is 0.113 e. The lowest BCUT2D eigenvalue weighted by molar-refractivity contribution is 0.254. The van der Waals surface area contributed by atoms with Crippen LogP contribution in [0, 0.1) is 13.8 Å². The van der Waals surface area contributed by atoms with E-state index in [4.69, 9.17) is 4.98 Å². The zero-order chi connectivity index (χ0) is 14.9. The largest absolute Gasteiger partial charge is 0.303 e. The number of aryl methyl sites for hydroxylation is 2. The van der Waals surface area contributed by atoms with Crippen LogP contribution in [-0.2, 0) is 5.54 Å². The van der Waals surface area contributed by atoms with Gasteiger partial charge in [0.15, 0.2) is 0 Å². The maximum absolute atomic E-state index is 4.94. The molecule has 1 aromatic rings. The van der Waals surface area contributed by atoms with E-state index in [1.54, 1.807) is 0 Å². The average molecular weight is 308 g/mol. The molecule has 1 aliphatic heterocycles. The van der Waals surface area contributed by atoms with Crippen LogP contribution in [0.5, 0.6) is 0 Å². The van der Waals surface area contributed by atoms with Crippen LogP contribution in [0.1, 0.15) is 61.0 Å². The van der Waals surface area contributed by atoms with Crippen molar-refractivity contribution in [2.45, 2.75) is 70.9 Å². The Morgan fingerprint density at radius 1 is 1.29 bits per heavy atom. The summed E-state index contributed by atoms with van der Waals surface area (Å²) in [6.45, 7) is 10.4. The molecule has 1 aliphatic carbocycles. The zero-order valence-electron chi connectivity index (χ0n) is 13.7. The third kappa shape index (κ3) is 3.49. The SMILES string of the molecule is CCCN1CCCC(NC2CC2)(c2nc(C)c(C)s2)CC1. The second kappa shape index (κ2) is 6.35. The van der Waals surface area contributed by atoms with Crippen LogP contribution in [-0.4, -0.2) is 35.6 Å². The highest BCUT2D eigenvalue weighted by molar-refractivity contribution is 7.11. The maximum atomic E-state index is 4.94. The van der Waals surface area contributed by atoms with Gasteiger partial charge in [0.1, 0.15) is 5.01 Å². The second-order valence-corrected chi connectivity index (χ2v) is 8.06. The molecule has 3 nitrogen and oxygen atoms in total. The van der Waals surface area contributed by atoms with Crippen LogP contribution in [0.15, 0.2) is 0 Å². The van der Waals surface area contributed by atoms with Crippen LogP contribution in [0.2, 0.25) is 0 Å². The number of nitrogens with zero attached hydrogens (tertiary/aromatic N) is 2. The molecule has 4 heteroatoms. The highest BCUT2D eigenvalue weighted by Gasteiger charge is 2.41. The van der Waals surface area contributed by atoms with E-state index in [0.29, 0.717) is 0 Å². The molecule has 1 N–H and O–H groups in total. The van der Waals surface area contributed by atoms with E-state index in [2.05, 4.69) is 31.0 Å². The van der Waals surface area contributed by atoms with E-state index >= 15 is 0 Å². The van der Waals surface area contributed by atoms with Gasteiger partial charge >= 0.3 is 0 Å². The third-order valence-corrected chi connectivity index (χ3v) is 6.25. The Bertz CT molecular complexity index is 461. The molecule has 1 atom stereocenters. The molecular formula is C17H29N3S. The van der Waals surface area contributed by atoms with E-state index in [9.17, 15) is 0 Å². The number of rotatable bonds is 5. The lowest BCUT2D eigenvalue weighted by Gasteiger charge is -2.32. The summed E-state index contributed by atoms with van der Waals surface area (Å²) in [6.07, 6.45) is 7.72. The van der Waals surface area contributed by atoms with Crippen LogP contribution >= 0.6 is 11.3 Å². The van der Waals surface area contributed by atoms with Crippen molar-refractivity contribution in [3.63, 3.8) is 0 Å². The van der Waals surface area contributed by atoms with Gasteiger partial charge in [-0.05, 0) is 65.5 Å². The Morgan fingerprint density at radius 2 is 2.10 bits per heavy atom. The van der Waals surface area contributed by atoms with Gasteiger partial charge in [-0.3, -0.25) is 0 Å². The molecule has 0 spiro atoms. The summed E-state index contributed by atoms with van der Waals surface area (Å²) >= 11 is 1.92. The normalized spacial score (nSPS) is 27.8. The topological polar surface area (TPSA) is 28.2 Å². The predicted molar refractivity (Wildman–Crippen MR) is 90.0 cm³/mol. The van der Waals surface area contributed by atoms with E-state index < -0.39 is 0 Å². The van der Waals surface area contributed by atoms with E-state index in [1.165, 1.54) is 73.7 Å². The fourth-order valence-electron chi connectivity index (χ4n) is 3.45. The molecule has 0 amide bonds. The second-order valence-electron chi connectivity index (χ2n) is 6.86. The zero-order valence-corrected chi connectivity index (χ0v) is 14.6. The molecule has 1 aromatic heterocycles. The average Bonchev–Trinajstić information content (AvgIpc) is 3.23. The molecule has 3 rings (SSSR count). The fourth-order valence-corrected chi connectivity index (χ4v) is 4.57. The summed E-state index contributed by atoms with van der Waals surface area (Å²) < 4.78 is 0. The van der Waals surface area contributed by atoms with Crippen molar-refractivity contribution < 1.29 is 0 Å². The maximum Gasteiger partial charge on any atom is 0.113 e. The number of hydrogen-bond donors (Lipinski definition) is 1. The first kappa shape index (κ1) is 15.4. The van der Waals surface area contributed by atoms with Crippen molar-refractivity contribution in [2.24, 2.45) is 0 Å². The van der Waals surface area contributed by atoms with Crippen molar-refractivity contribution in [1.29, 1.82) is 0 Å². The van der Waals surface area contributed by atoms with Crippen LogP contribution in [0.4, 0.5) is 0 Å². The monoisotopic (exact) mass is 307 g/mol. The minimum absolute atomic E-state index is 0.146. The quantitative estimate of drug-likeness (QED) is 0.901. The van der Waals surface area contributed by atoms with Gasteiger partial charge in [-0.2, -0.15) is 0 Å². The van der Waals surface area contributed by atoms with Gasteiger partial charge in [0.2, 0.25) is 0 Å². The summed E-state index contributed by atoms with van der Waals surface area (Å²) in [4.78, 5) is 8.97. The molecule has 118 valence electrons. The number of likely N-dealkylation sites (tertiary alicyclic amines) is 1. The van der Waals surface area contributed by atoms with Gasteiger partial charge < -0.3 is 10.2 Å². The van der Waals surface area contributed by atoms with E-state index in [0.717, 1.165) is 6.04 Å². The lowest BCUT2D eigenvalue weighted by Crippen LogP contribution is -2.44. The first-order valence-corrected chi connectivity index (χ1v) is 9.39. The summed E-state index contributed by atoms with van der Waals surface area (Å²) in [7, 11) is 0. The van der Waals surface area contributed by atoms with Gasteiger partial charge in [-0.1, -0.05) is 6.92 Å².